The zero-order chi connectivity index (χ0) is 14.5. The number of pyridine rings is 1. The lowest BCUT2D eigenvalue weighted by molar-refractivity contribution is 0.0698. The molecule has 0 saturated heterocycles. The molecule has 0 saturated carbocycles. The third kappa shape index (κ3) is 3.19. The summed E-state index contributed by atoms with van der Waals surface area (Å²) in [7, 11) is 1.54. The van der Waals surface area contributed by atoms with E-state index in [-0.39, 0.29) is 10.6 Å². The second-order valence-corrected chi connectivity index (χ2v) is 4.43. The fourth-order valence-electron chi connectivity index (χ4n) is 1.76. The van der Waals surface area contributed by atoms with Crippen molar-refractivity contribution in [3.63, 3.8) is 0 Å². The van der Waals surface area contributed by atoms with E-state index in [9.17, 15) is 9.90 Å². The number of ether oxygens (including phenoxy) is 1. The number of halogens is 1. The first kappa shape index (κ1) is 14.1. The highest BCUT2D eigenvalue weighted by atomic mass is 35.5. The summed E-state index contributed by atoms with van der Waals surface area (Å²) in [6.07, 6.45) is 1.63. The van der Waals surface area contributed by atoms with Gasteiger partial charge in [-0.15, -0.1) is 0 Å². The number of hydrogen-bond acceptors (Lipinski definition) is 4. The Morgan fingerprint density at radius 3 is 2.95 bits per heavy atom. The zero-order valence-electron chi connectivity index (χ0n) is 10.8. The van der Waals surface area contributed by atoms with E-state index in [0.29, 0.717) is 18.1 Å². The van der Waals surface area contributed by atoms with Gasteiger partial charge in [-0.1, -0.05) is 17.7 Å². The number of nitrogens with one attached hydrogen (secondary N) is 1. The Morgan fingerprint density at radius 1 is 1.45 bits per heavy atom. The monoisotopic (exact) mass is 292 g/mol. The molecule has 0 atom stereocenters. The Bertz CT molecular complexity index is 632. The van der Waals surface area contributed by atoms with Crippen LogP contribution in [0, 0.1) is 0 Å². The lowest BCUT2D eigenvalue weighted by Gasteiger charge is -2.11. The quantitative estimate of drug-likeness (QED) is 0.886. The first-order valence-corrected chi connectivity index (χ1v) is 6.24. The Morgan fingerprint density at radius 2 is 2.25 bits per heavy atom. The van der Waals surface area contributed by atoms with E-state index < -0.39 is 5.97 Å². The van der Waals surface area contributed by atoms with Gasteiger partial charge in [0.2, 0.25) is 5.88 Å². The van der Waals surface area contributed by atoms with Crippen LogP contribution in [0.15, 0.2) is 36.5 Å². The predicted octanol–water partition coefficient (Wildman–Crippen LogP) is 3.05. The van der Waals surface area contributed by atoms with Crippen molar-refractivity contribution >= 4 is 23.3 Å². The molecule has 0 aliphatic rings. The van der Waals surface area contributed by atoms with Crippen molar-refractivity contribution in [3.8, 4) is 5.88 Å². The molecule has 0 bridgehead atoms. The number of benzene rings is 1. The molecular formula is C14H13ClN2O3. The smallest absolute Gasteiger partial charge is 0.339 e. The van der Waals surface area contributed by atoms with Gasteiger partial charge in [-0.05, 0) is 23.8 Å². The lowest BCUT2D eigenvalue weighted by atomic mass is 10.1. The summed E-state index contributed by atoms with van der Waals surface area (Å²) in [4.78, 5) is 15.2. The first-order valence-electron chi connectivity index (χ1n) is 5.86. The third-order valence-corrected chi connectivity index (χ3v) is 3.03. The summed E-state index contributed by atoms with van der Waals surface area (Å²) >= 11 is 5.90. The highest BCUT2D eigenvalue weighted by Crippen LogP contribution is 2.25. The van der Waals surface area contributed by atoms with Crippen LogP contribution in [0.1, 0.15) is 15.9 Å². The topological polar surface area (TPSA) is 71.5 Å². The maximum absolute atomic E-state index is 11.2. The maximum Gasteiger partial charge on any atom is 0.339 e. The average molecular weight is 293 g/mol. The molecule has 0 aliphatic heterocycles. The van der Waals surface area contributed by atoms with Crippen molar-refractivity contribution in [1.29, 1.82) is 0 Å². The predicted molar refractivity (Wildman–Crippen MR) is 76.5 cm³/mol. The molecule has 0 unspecified atom stereocenters. The molecule has 0 fully saturated rings. The molecule has 0 spiro atoms. The Balaban J connectivity index is 2.18. The summed E-state index contributed by atoms with van der Waals surface area (Å²) < 4.78 is 5.03. The van der Waals surface area contributed by atoms with E-state index >= 15 is 0 Å². The molecular weight excluding hydrogens is 280 g/mol. The third-order valence-electron chi connectivity index (χ3n) is 2.72. The molecule has 0 radical (unpaired) electrons. The lowest BCUT2D eigenvalue weighted by Crippen LogP contribution is -2.07. The molecule has 0 amide bonds. The van der Waals surface area contributed by atoms with E-state index in [0.717, 1.165) is 5.56 Å². The SMILES string of the molecule is COc1cc(CNc2cccc(Cl)c2C(=O)O)ccn1. The summed E-state index contributed by atoms with van der Waals surface area (Å²) in [6.45, 7) is 0.444. The standard InChI is InChI=1S/C14H13ClN2O3/c1-20-12-7-9(5-6-16-12)8-17-11-4-2-3-10(15)13(11)14(18)19/h2-7,17H,8H2,1H3,(H,18,19). The number of nitrogens with zero attached hydrogens (tertiary/aromatic N) is 1. The number of aromatic carboxylic acids is 1. The van der Waals surface area contributed by atoms with Crippen molar-refractivity contribution in [2.75, 3.05) is 12.4 Å². The molecule has 2 rings (SSSR count). The van der Waals surface area contributed by atoms with Gasteiger partial charge in [-0.2, -0.15) is 0 Å². The normalized spacial score (nSPS) is 10.1. The largest absolute Gasteiger partial charge is 0.481 e. The number of aromatic nitrogens is 1. The van der Waals surface area contributed by atoms with E-state index in [1.54, 1.807) is 37.6 Å². The van der Waals surface area contributed by atoms with Gasteiger partial charge < -0.3 is 15.2 Å². The Hall–Kier alpha value is -2.27. The molecule has 2 N–H and O–H groups in total. The van der Waals surface area contributed by atoms with Crippen LogP contribution in [0.2, 0.25) is 5.02 Å². The molecule has 5 nitrogen and oxygen atoms in total. The van der Waals surface area contributed by atoms with Crippen molar-refractivity contribution in [3.05, 3.63) is 52.7 Å². The van der Waals surface area contributed by atoms with E-state index in [2.05, 4.69) is 10.3 Å². The number of rotatable bonds is 5. The van der Waals surface area contributed by atoms with E-state index in [1.807, 2.05) is 6.07 Å². The van der Waals surface area contributed by atoms with Gasteiger partial charge in [0.25, 0.3) is 0 Å². The van der Waals surface area contributed by atoms with Gasteiger partial charge in [0.15, 0.2) is 0 Å². The number of carbonyl (C=O) groups is 1. The minimum absolute atomic E-state index is 0.0650. The van der Waals surface area contributed by atoms with E-state index in [4.69, 9.17) is 16.3 Å². The van der Waals surface area contributed by atoms with Crippen LogP contribution in [0.4, 0.5) is 5.69 Å². The number of methoxy groups -OCH3 is 1. The summed E-state index contributed by atoms with van der Waals surface area (Å²) in [6, 6.07) is 8.52. The van der Waals surface area contributed by atoms with Crippen LogP contribution < -0.4 is 10.1 Å². The van der Waals surface area contributed by atoms with Crippen LogP contribution in [0.3, 0.4) is 0 Å². The highest BCUT2D eigenvalue weighted by Gasteiger charge is 2.13. The summed E-state index contributed by atoms with van der Waals surface area (Å²) in [5.41, 5.74) is 1.46. The van der Waals surface area contributed by atoms with Crippen LogP contribution in [0.5, 0.6) is 5.88 Å². The van der Waals surface area contributed by atoms with Crippen molar-refractivity contribution in [2.24, 2.45) is 0 Å². The van der Waals surface area contributed by atoms with E-state index in [1.165, 1.54) is 0 Å². The molecule has 6 heteroatoms. The van der Waals surface area contributed by atoms with Crippen molar-refractivity contribution in [2.45, 2.75) is 6.54 Å². The Labute approximate surface area is 121 Å². The molecule has 2 aromatic rings. The van der Waals surface area contributed by atoms with Gasteiger partial charge in [0, 0.05) is 18.8 Å². The second-order valence-electron chi connectivity index (χ2n) is 4.03. The minimum atomic E-state index is -1.06. The van der Waals surface area contributed by atoms with Crippen LogP contribution in [-0.2, 0) is 6.54 Å². The summed E-state index contributed by atoms with van der Waals surface area (Å²) in [5, 5.41) is 12.4. The summed E-state index contributed by atoms with van der Waals surface area (Å²) in [5.74, 6) is -0.556. The van der Waals surface area contributed by atoms with Crippen molar-refractivity contribution < 1.29 is 14.6 Å². The molecule has 104 valence electrons. The zero-order valence-corrected chi connectivity index (χ0v) is 11.5. The van der Waals surface area contributed by atoms with Crippen LogP contribution >= 0.6 is 11.6 Å². The van der Waals surface area contributed by atoms with Crippen molar-refractivity contribution in [1.82, 2.24) is 4.98 Å². The average Bonchev–Trinajstić information content (AvgIpc) is 2.45. The van der Waals surface area contributed by atoms with Gasteiger partial charge in [-0.3, -0.25) is 0 Å². The Kier molecular flexibility index (Phi) is 4.42. The number of hydrogen-bond donors (Lipinski definition) is 2. The molecule has 20 heavy (non-hydrogen) atoms. The second kappa shape index (κ2) is 6.25. The fraction of sp³-hybridized carbons (Fsp3) is 0.143. The molecule has 1 aromatic carbocycles. The van der Waals surface area contributed by atoms with Crippen LogP contribution in [0.25, 0.3) is 0 Å². The number of carboxylic acid groups (broad SMARTS) is 1. The molecule has 0 aliphatic carbocycles. The van der Waals surface area contributed by atoms with Gasteiger partial charge in [0.1, 0.15) is 5.56 Å². The maximum atomic E-state index is 11.2. The van der Waals surface area contributed by atoms with Gasteiger partial charge in [-0.25, -0.2) is 9.78 Å². The van der Waals surface area contributed by atoms with Crippen LogP contribution in [-0.4, -0.2) is 23.2 Å². The highest BCUT2D eigenvalue weighted by molar-refractivity contribution is 6.34. The minimum Gasteiger partial charge on any atom is -0.481 e. The number of anilines is 1. The van der Waals surface area contributed by atoms with Gasteiger partial charge >= 0.3 is 5.97 Å². The number of carboxylic acids is 1. The van der Waals surface area contributed by atoms with Gasteiger partial charge in [0.05, 0.1) is 17.8 Å². The first-order chi connectivity index (χ1) is 9.61. The molecule has 1 aromatic heterocycles. The molecule has 1 heterocycles. The fourth-order valence-corrected chi connectivity index (χ4v) is 2.01.